The lowest BCUT2D eigenvalue weighted by Crippen LogP contribution is -2.49. The van der Waals surface area contributed by atoms with Crippen LogP contribution in [-0.4, -0.2) is 16.7 Å². The molecule has 2 fully saturated rings. The normalized spacial score (nSPS) is 34.8. The first kappa shape index (κ1) is 22.5. The Balaban J connectivity index is 1.20. The van der Waals surface area contributed by atoms with Gasteiger partial charge in [-0.15, -0.1) is 0 Å². The summed E-state index contributed by atoms with van der Waals surface area (Å²) in [5, 5.41) is 4.27. The van der Waals surface area contributed by atoms with Crippen molar-refractivity contribution in [2.45, 2.75) is 58.8 Å². The van der Waals surface area contributed by atoms with Crippen LogP contribution >= 0.6 is 0 Å². The number of carbonyl (C=O) groups is 1. The highest BCUT2D eigenvalue weighted by atomic mass is 16.7. The minimum absolute atomic E-state index is 0.226. The summed E-state index contributed by atoms with van der Waals surface area (Å²) in [6.07, 6.45) is 16.7. The molecule has 2 aromatic rings. The van der Waals surface area contributed by atoms with Gasteiger partial charge in [-0.25, -0.2) is 4.79 Å². The molecule has 0 N–H and O–H groups in total. The number of carbonyl (C=O) groups excluding carboxylic acids is 1. The molecule has 0 spiro atoms. The van der Waals surface area contributed by atoms with Gasteiger partial charge in [0, 0.05) is 12.4 Å². The van der Waals surface area contributed by atoms with Crippen LogP contribution < -0.4 is 0 Å². The number of allylic oxidation sites excluding steroid dienone is 4. The van der Waals surface area contributed by atoms with Gasteiger partial charge in [0.1, 0.15) is 0 Å². The largest absolute Gasteiger partial charge is 0.365 e. The van der Waals surface area contributed by atoms with E-state index in [1.807, 2.05) is 30.6 Å². The van der Waals surface area contributed by atoms with Crippen LogP contribution in [0.4, 0.5) is 0 Å². The molecule has 0 amide bonds. The number of hydrogen-bond acceptors (Lipinski definition) is 4. The van der Waals surface area contributed by atoms with Gasteiger partial charge < -0.3 is 4.84 Å². The quantitative estimate of drug-likeness (QED) is 0.354. The van der Waals surface area contributed by atoms with E-state index in [1.165, 1.54) is 42.4 Å². The molecule has 1 aromatic carbocycles. The maximum atomic E-state index is 12.3. The van der Waals surface area contributed by atoms with Crippen molar-refractivity contribution in [2.75, 3.05) is 0 Å². The standard InChI is InChI=1S/C31H34N2O2/c1-30-16-14-24(33-35-29(34)21-7-4-3-5-8-21)19-23(30)10-11-25-27-13-12-26(22-9-6-18-32-20-22)31(27,2)17-15-28(25)30/h3-9,12,18-20,25,27-28H,10-11,13-17H2,1-2H3/t25-,27+,28+,30+,31-/m1/s1. The average molecular weight is 467 g/mol. The molecule has 1 aromatic heterocycles. The monoisotopic (exact) mass is 466 g/mol. The van der Waals surface area contributed by atoms with Crippen LogP contribution in [0.5, 0.6) is 0 Å². The zero-order chi connectivity index (χ0) is 24.0. The lowest BCUT2D eigenvalue weighted by molar-refractivity contribution is -0.0191. The van der Waals surface area contributed by atoms with Gasteiger partial charge in [-0.2, -0.15) is 0 Å². The van der Waals surface area contributed by atoms with Crippen molar-refractivity contribution >= 4 is 17.3 Å². The van der Waals surface area contributed by atoms with Crippen molar-refractivity contribution < 1.29 is 9.63 Å². The Kier molecular flexibility index (Phi) is 5.51. The van der Waals surface area contributed by atoms with Crippen LogP contribution in [0.15, 0.2) is 77.7 Å². The molecule has 5 atom stereocenters. The van der Waals surface area contributed by atoms with Gasteiger partial charge in [-0.05, 0) is 109 Å². The summed E-state index contributed by atoms with van der Waals surface area (Å²) in [5.74, 6) is 1.81. The Labute approximate surface area is 208 Å². The van der Waals surface area contributed by atoms with E-state index in [4.69, 9.17) is 4.84 Å². The number of nitrogens with zero attached hydrogens (tertiary/aromatic N) is 2. The molecule has 0 aliphatic heterocycles. The Hall–Kier alpha value is -3.01. The fraction of sp³-hybridized carbons (Fsp3) is 0.452. The molecule has 4 heteroatoms. The van der Waals surface area contributed by atoms with Crippen LogP contribution in [0.1, 0.15) is 74.7 Å². The molecule has 4 nitrogen and oxygen atoms in total. The van der Waals surface area contributed by atoms with Crippen molar-refractivity contribution in [2.24, 2.45) is 33.7 Å². The number of rotatable bonds is 3. The van der Waals surface area contributed by atoms with Crippen molar-refractivity contribution in [1.82, 2.24) is 4.98 Å². The molecule has 0 saturated heterocycles. The summed E-state index contributed by atoms with van der Waals surface area (Å²) >= 11 is 0. The van der Waals surface area contributed by atoms with E-state index in [0.29, 0.717) is 5.56 Å². The van der Waals surface area contributed by atoms with Crippen molar-refractivity contribution in [3.05, 3.63) is 83.7 Å². The summed E-state index contributed by atoms with van der Waals surface area (Å²) in [4.78, 5) is 22.0. The minimum Gasteiger partial charge on any atom is -0.313 e. The zero-order valence-electron chi connectivity index (χ0n) is 20.7. The maximum Gasteiger partial charge on any atom is 0.365 e. The molecular weight excluding hydrogens is 432 g/mol. The Morgan fingerprint density at radius 3 is 2.66 bits per heavy atom. The minimum atomic E-state index is -0.390. The average Bonchev–Trinajstić information content (AvgIpc) is 3.25. The predicted molar refractivity (Wildman–Crippen MR) is 139 cm³/mol. The third kappa shape index (κ3) is 3.69. The smallest absolute Gasteiger partial charge is 0.313 e. The SMILES string of the molecule is C[C@]12CCC(=NOC(=O)c3ccccc3)C=C1CC[C@H]1[C@@H]2CC[C@]2(C)C(c3cccnc3)=CC[C@@H]12. The molecule has 4 aliphatic carbocycles. The highest BCUT2D eigenvalue weighted by molar-refractivity contribution is 5.97. The molecule has 6 rings (SSSR count). The van der Waals surface area contributed by atoms with E-state index in [2.05, 4.69) is 48.3 Å². The topological polar surface area (TPSA) is 51.5 Å². The highest BCUT2D eigenvalue weighted by Crippen LogP contribution is 2.66. The number of pyridine rings is 1. The fourth-order valence-corrected chi connectivity index (χ4v) is 7.91. The number of benzene rings is 1. The van der Waals surface area contributed by atoms with Gasteiger partial charge >= 0.3 is 5.97 Å². The highest BCUT2D eigenvalue weighted by Gasteiger charge is 2.57. The Morgan fingerprint density at radius 2 is 1.86 bits per heavy atom. The van der Waals surface area contributed by atoms with Gasteiger partial charge in [0.15, 0.2) is 0 Å². The molecule has 2 saturated carbocycles. The van der Waals surface area contributed by atoms with Gasteiger partial charge in [0.25, 0.3) is 0 Å². The van der Waals surface area contributed by atoms with E-state index in [0.717, 1.165) is 42.7 Å². The van der Waals surface area contributed by atoms with Crippen LogP contribution in [0.3, 0.4) is 0 Å². The Bertz CT molecular complexity index is 1220. The predicted octanol–water partition coefficient (Wildman–Crippen LogP) is 7.25. The molecular formula is C31H34N2O2. The van der Waals surface area contributed by atoms with Gasteiger partial charge in [-0.1, -0.05) is 54.9 Å². The molecule has 0 unspecified atom stereocenters. The summed E-state index contributed by atoms with van der Waals surface area (Å²) in [5.41, 5.74) is 6.27. The summed E-state index contributed by atoms with van der Waals surface area (Å²) < 4.78 is 0. The third-order valence-corrected chi connectivity index (χ3v) is 9.79. The maximum absolute atomic E-state index is 12.3. The van der Waals surface area contributed by atoms with E-state index >= 15 is 0 Å². The van der Waals surface area contributed by atoms with Gasteiger partial charge in [-0.3, -0.25) is 4.98 Å². The lowest BCUT2D eigenvalue weighted by atomic mass is 9.46. The molecule has 4 aliphatic rings. The molecule has 0 radical (unpaired) electrons. The van der Waals surface area contributed by atoms with E-state index < -0.39 is 5.97 Å². The number of hydrogen-bond donors (Lipinski definition) is 0. The van der Waals surface area contributed by atoms with Gasteiger partial charge in [0.2, 0.25) is 0 Å². The van der Waals surface area contributed by atoms with Crippen molar-refractivity contribution in [3.63, 3.8) is 0 Å². The number of fused-ring (bicyclic) bond motifs is 5. The second-order valence-electron chi connectivity index (χ2n) is 11.4. The van der Waals surface area contributed by atoms with Crippen molar-refractivity contribution in [1.29, 1.82) is 0 Å². The second-order valence-corrected chi connectivity index (χ2v) is 11.4. The third-order valence-electron chi connectivity index (χ3n) is 9.79. The molecule has 35 heavy (non-hydrogen) atoms. The summed E-state index contributed by atoms with van der Waals surface area (Å²) in [6, 6.07) is 13.4. The van der Waals surface area contributed by atoms with E-state index in [9.17, 15) is 4.79 Å². The van der Waals surface area contributed by atoms with Crippen LogP contribution in [0, 0.1) is 28.6 Å². The fourth-order valence-electron chi connectivity index (χ4n) is 7.91. The van der Waals surface area contributed by atoms with Crippen LogP contribution in [0.2, 0.25) is 0 Å². The Morgan fingerprint density at radius 1 is 1.00 bits per heavy atom. The van der Waals surface area contributed by atoms with Crippen LogP contribution in [-0.2, 0) is 4.84 Å². The summed E-state index contributed by atoms with van der Waals surface area (Å²) in [7, 11) is 0. The van der Waals surface area contributed by atoms with Crippen molar-refractivity contribution in [3.8, 4) is 0 Å². The van der Waals surface area contributed by atoms with Crippen LogP contribution in [0.25, 0.3) is 5.57 Å². The first-order valence-electron chi connectivity index (χ1n) is 13.1. The molecule has 1 heterocycles. The first-order valence-corrected chi connectivity index (χ1v) is 13.1. The summed E-state index contributed by atoms with van der Waals surface area (Å²) in [6.45, 7) is 5.01. The first-order chi connectivity index (χ1) is 17.0. The van der Waals surface area contributed by atoms with E-state index in [1.54, 1.807) is 12.1 Å². The molecule has 0 bridgehead atoms. The van der Waals surface area contributed by atoms with Gasteiger partial charge in [0.05, 0.1) is 11.3 Å². The molecule has 180 valence electrons. The van der Waals surface area contributed by atoms with E-state index in [-0.39, 0.29) is 10.8 Å². The zero-order valence-corrected chi connectivity index (χ0v) is 20.7. The number of oxime groups is 1. The number of aromatic nitrogens is 1. The lowest BCUT2D eigenvalue weighted by Gasteiger charge is -2.58. The second kappa shape index (κ2) is 8.58.